The van der Waals surface area contributed by atoms with E-state index in [2.05, 4.69) is 19.2 Å². The molecule has 0 aromatic carbocycles. The largest absolute Gasteiger partial charge is 0.368 e. The number of nitrogens with one attached hydrogen (secondary N) is 1. The molecule has 0 spiro atoms. The number of rotatable bonds is 5. The first-order valence-electron chi connectivity index (χ1n) is 4.13. The predicted octanol–water partition coefficient (Wildman–Crippen LogP) is 0.496. The van der Waals surface area contributed by atoms with Gasteiger partial charge in [0.05, 0.1) is 6.04 Å². The van der Waals surface area contributed by atoms with Crippen molar-refractivity contribution in [2.24, 2.45) is 11.7 Å². The molecular formula is C8H18N2O. The molecule has 0 aliphatic carbocycles. The number of primary amides is 1. The molecule has 0 saturated heterocycles. The molecular weight excluding hydrogens is 140 g/mol. The summed E-state index contributed by atoms with van der Waals surface area (Å²) in [5.74, 6) is 0.124. The van der Waals surface area contributed by atoms with Gasteiger partial charge in [-0.15, -0.1) is 0 Å². The average molecular weight is 158 g/mol. The topological polar surface area (TPSA) is 55.1 Å². The smallest absolute Gasteiger partial charge is 0.234 e. The summed E-state index contributed by atoms with van der Waals surface area (Å²) in [7, 11) is 1.77. The highest BCUT2D eigenvalue weighted by molar-refractivity contribution is 5.80. The van der Waals surface area contributed by atoms with Gasteiger partial charge in [0.15, 0.2) is 0 Å². The fraction of sp³-hybridized carbons (Fsp3) is 0.875. The van der Waals surface area contributed by atoms with E-state index in [1.165, 1.54) is 0 Å². The summed E-state index contributed by atoms with van der Waals surface area (Å²) >= 11 is 0. The normalized spacial score (nSPS) is 13.5. The van der Waals surface area contributed by atoms with E-state index in [0.717, 1.165) is 12.8 Å². The molecule has 1 unspecified atom stereocenters. The van der Waals surface area contributed by atoms with Crippen LogP contribution in [0.15, 0.2) is 0 Å². The summed E-state index contributed by atoms with van der Waals surface area (Å²) in [4.78, 5) is 10.8. The molecule has 0 aromatic rings. The Bertz CT molecular complexity index is 121. The van der Waals surface area contributed by atoms with Gasteiger partial charge in [0, 0.05) is 0 Å². The Morgan fingerprint density at radius 1 is 1.45 bits per heavy atom. The summed E-state index contributed by atoms with van der Waals surface area (Å²) in [5.41, 5.74) is 5.20. The van der Waals surface area contributed by atoms with Gasteiger partial charge < -0.3 is 11.1 Å². The van der Waals surface area contributed by atoms with Crippen molar-refractivity contribution in [2.75, 3.05) is 7.05 Å². The zero-order chi connectivity index (χ0) is 8.85. The number of amides is 1. The molecule has 0 radical (unpaired) electrons. The average Bonchev–Trinajstić information content (AvgIpc) is 1.99. The van der Waals surface area contributed by atoms with E-state index < -0.39 is 0 Å². The fourth-order valence-electron chi connectivity index (χ4n) is 1.37. The molecule has 0 saturated carbocycles. The molecule has 0 aliphatic heterocycles. The second-order valence-electron chi connectivity index (χ2n) is 2.75. The van der Waals surface area contributed by atoms with Crippen LogP contribution in [0.1, 0.15) is 26.7 Å². The highest BCUT2D eigenvalue weighted by atomic mass is 16.1. The maximum absolute atomic E-state index is 10.8. The molecule has 66 valence electrons. The van der Waals surface area contributed by atoms with Crippen LogP contribution in [0.3, 0.4) is 0 Å². The van der Waals surface area contributed by atoms with Crippen LogP contribution in [-0.4, -0.2) is 19.0 Å². The minimum atomic E-state index is -0.249. The lowest BCUT2D eigenvalue weighted by atomic mass is 9.94. The van der Waals surface area contributed by atoms with Gasteiger partial charge in [-0.3, -0.25) is 4.79 Å². The number of carbonyl (C=O) groups excluding carboxylic acids is 1. The van der Waals surface area contributed by atoms with Gasteiger partial charge in [-0.05, 0) is 13.0 Å². The van der Waals surface area contributed by atoms with Crippen LogP contribution in [0.2, 0.25) is 0 Å². The Labute approximate surface area is 68.3 Å². The minimum absolute atomic E-state index is 0.162. The summed E-state index contributed by atoms with van der Waals surface area (Å²) in [6, 6.07) is -0.162. The molecule has 3 heteroatoms. The number of hydrogen-bond donors (Lipinski definition) is 2. The highest BCUT2D eigenvalue weighted by Gasteiger charge is 2.21. The first-order valence-corrected chi connectivity index (χ1v) is 4.13. The van der Waals surface area contributed by atoms with Crippen LogP contribution in [-0.2, 0) is 4.79 Å². The standard InChI is InChI=1S/C8H18N2O/c1-4-6(5-2)7(10-3)8(9)11/h6-7,10H,4-5H2,1-3H3,(H2,9,11). The molecule has 0 heterocycles. The van der Waals surface area contributed by atoms with Crippen molar-refractivity contribution in [2.45, 2.75) is 32.7 Å². The molecule has 1 amide bonds. The van der Waals surface area contributed by atoms with E-state index >= 15 is 0 Å². The van der Waals surface area contributed by atoms with Gasteiger partial charge >= 0.3 is 0 Å². The maximum Gasteiger partial charge on any atom is 0.234 e. The summed E-state index contributed by atoms with van der Waals surface area (Å²) in [6.07, 6.45) is 1.98. The first kappa shape index (κ1) is 10.4. The van der Waals surface area contributed by atoms with Gasteiger partial charge in [0.25, 0.3) is 0 Å². The van der Waals surface area contributed by atoms with Crippen LogP contribution in [0.5, 0.6) is 0 Å². The SMILES string of the molecule is CCC(CC)C(NC)C(N)=O. The molecule has 0 fully saturated rings. The zero-order valence-corrected chi connectivity index (χ0v) is 7.55. The van der Waals surface area contributed by atoms with E-state index in [1.807, 2.05) is 0 Å². The van der Waals surface area contributed by atoms with Crippen molar-refractivity contribution in [3.63, 3.8) is 0 Å². The van der Waals surface area contributed by atoms with Gasteiger partial charge in [-0.1, -0.05) is 26.7 Å². The summed E-state index contributed by atoms with van der Waals surface area (Å²) in [5, 5.41) is 2.93. The van der Waals surface area contributed by atoms with Crippen LogP contribution in [0, 0.1) is 5.92 Å². The van der Waals surface area contributed by atoms with E-state index in [9.17, 15) is 4.79 Å². The van der Waals surface area contributed by atoms with Gasteiger partial charge in [-0.25, -0.2) is 0 Å². The Morgan fingerprint density at radius 2 is 1.91 bits per heavy atom. The minimum Gasteiger partial charge on any atom is -0.368 e. The van der Waals surface area contributed by atoms with Crippen LogP contribution >= 0.6 is 0 Å². The van der Waals surface area contributed by atoms with E-state index in [1.54, 1.807) is 7.05 Å². The van der Waals surface area contributed by atoms with Gasteiger partial charge in [0.1, 0.15) is 0 Å². The Morgan fingerprint density at radius 3 is 2.00 bits per heavy atom. The first-order chi connectivity index (χ1) is 5.17. The van der Waals surface area contributed by atoms with Crippen LogP contribution in [0.4, 0.5) is 0 Å². The van der Waals surface area contributed by atoms with Crippen molar-refractivity contribution in [1.29, 1.82) is 0 Å². The lowest BCUT2D eigenvalue weighted by Crippen LogP contribution is -2.44. The third-order valence-electron chi connectivity index (χ3n) is 2.14. The lowest BCUT2D eigenvalue weighted by Gasteiger charge is -2.21. The quantitative estimate of drug-likeness (QED) is 0.612. The van der Waals surface area contributed by atoms with Crippen molar-refractivity contribution in [1.82, 2.24) is 5.32 Å². The molecule has 3 N–H and O–H groups in total. The Kier molecular flexibility index (Phi) is 4.86. The molecule has 0 bridgehead atoms. The summed E-state index contributed by atoms with van der Waals surface area (Å²) in [6.45, 7) is 4.14. The number of carbonyl (C=O) groups is 1. The van der Waals surface area contributed by atoms with Gasteiger partial charge in [-0.2, -0.15) is 0 Å². The van der Waals surface area contributed by atoms with Crippen molar-refractivity contribution in [3.8, 4) is 0 Å². The second kappa shape index (κ2) is 5.13. The van der Waals surface area contributed by atoms with Gasteiger partial charge in [0.2, 0.25) is 5.91 Å². The third kappa shape index (κ3) is 2.89. The number of hydrogen-bond acceptors (Lipinski definition) is 2. The van der Waals surface area contributed by atoms with Crippen molar-refractivity contribution in [3.05, 3.63) is 0 Å². The number of likely N-dealkylation sites (N-methyl/N-ethyl adjacent to an activating group) is 1. The maximum atomic E-state index is 10.8. The Hall–Kier alpha value is -0.570. The third-order valence-corrected chi connectivity index (χ3v) is 2.14. The molecule has 0 rings (SSSR count). The lowest BCUT2D eigenvalue weighted by molar-refractivity contribution is -0.121. The molecule has 0 aliphatic rings. The van der Waals surface area contributed by atoms with Crippen molar-refractivity contribution >= 4 is 5.91 Å². The highest BCUT2D eigenvalue weighted by Crippen LogP contribution is 2.11. The monoisotopic (exact) mass is 158 g/mol. The molecule has 3 nitrogen and oxygen atoms in total. The van der Waals surface area contributed by atoms with Crippen LogP contribution < -0.4 is 11.1 Å². The van der Waals surface area contributed by atoms with Crippen molar-refractivity contribution < 1.29 is 4.79 Å². The van der Waals surface area contributed by atoms with Crippen LogP contribution in [0.25, 0.3) is 0 Å². The fourth-order valence-corrected chi connectivity index (χ4v) is 1.37. The van der Waals surface area contributed by atoms with E-state index in [-0.39, 0.29) is 11.9 Å². The number of nitrogens with two attached hydrogens (primary N) is 1. The molecule has 0 aromatic heterocycles. The van der Waals surface area contributed by atoms with E-state index in [0.29, 0.717) is 5.92 Å². The van der Waals surface area contributed by atoms with E-state index in [4.69, 9.17) is 5.73 Å². The molecule has 1 atom stereocenters. The summed E-state index contributed by atoms with van der Waals surface area (Å²) < 4.78 is 0. The Balaban J connectivity index is 4.09. The molecule has 11 heavy (non-hydrogen) atoms. The second-order valence-corrected chi connectivity index (χ2v) is 2.75. The predicted molar refractivity (Wildman–Crippen MR) is 46.1 cm³/mol. The zero-order valence-electron chi connectivity index (χ0n) is 7.55.